The Bertz CT molecular complexity index is 774. The van der Waals surface area contributed by atoms with E-state index in [1.807, 2.05) is 22.4 Å². The number of carbonyl (C=O) groups excluding carboxylic acids is 1. The first kappa shape index (κ1) is 16.7. The number of hydrogen-bond donors (Lipinski definition) is 1. The molecule has 3 rings (SSSR count). The molecule has 0 unspecified atom stereocenters. The van der Waals surface area contributed by atoms with Crippen LogP contribution in [0, 0.1) is 0 Å². The molecule has 2 N–H and O–H groups in total. The highest BCUT2D eigenvalue weighted by molar-refractivity contribution is 7.13. The molecular weight excluding hydrogens is 324 g/mol. The third kappa shape index (κ3) is 3.21. The molecule has 0 bridgehead atoms. The topological polar surface area (TPSA) is 81.2 Å². The fourth-order valence-electron chi connectivity index (χ4n) is 3.34. The van der Waals surface area contributed by atoms with E-state index in [-0.39, 0.29) is 30.2 Å². The summed E-state index contributed by atoms with van der Waals surface area (Å²) < 4.78 is 1.20. The SMILES string of the molecule is C[C@H]1CCC[C@H](C)N1C(=O)Cn1nc(-c2cccs2)cc(N)c1=O. The van der Waals surface area contributed by atoms with Gasteiger partial charge in [-0.2, -0.15) is 5.10 Å². The zero-order chi connectivity index (χ0) is 17.3. The number of carbonyl (C=O) groups is 1. The molecule has 0 aliphatic carbocycles. The second-order valence-corrected chi connectivity index (χ2v) is 7.30. The van der Waals surface area contributed by atoms with Crippen LogP contribution in [-0.4, -0.2) is 32.7 Å². The molecule has 1 fully saturated rings. The van der Waals surface area contributed by atoms with Gasteiger partial charge in [-0.25, -0.2) is 4.68 Å². The summed E-state index contributed by atoms with van der Waals surface area (Å²) in [5.74, 6) is -0.0768. The molecule has 3 heterocycles. The van der Waals surface area contributed by atoms with E-state index in [0.717, 1.165) is 24.1 Å². The third-order valence-corrected chi connectivity index (χ3v) is 5.43. The van der Waals surface area contributed by atoms with Crippen molar-refractivity contribution < 1.29 is 4.79 Å². The number of piperidine rings is 1. The van der Waals surface area contributed by atoms with Crippen molar-refractivity contribution in [2.75, 3.05) is 5.73 Å². The normalized spacial score (nSPS) is 21.0. The van der Waals surface area contributed by atoms with Gasteiger partial charge in [0.05, 0.1) is 4.88 Å². The minimum absolute atomic E-state index is 0.0725. The molecule has 6 nitrogen and oxygen atoms in total. The van der Waals surface area contributed by atoms with Gasteiger partial charge in [0.25, 0.3) is 5.56 Å². The van der Waals surface area contributed by atoms with Crippen molar-refractivity contribution in [3.05, 3.63) is 33.9 Å². The lowest BCUT2D eigenvalue weighted by Gasteiger charge is -2.39. The number of anilines is 1. The minimum Gasteiger partial charge on any atom is -0.394 e. The van der Waals surface area contributed by atoms with Gasteiger partial charge in [-0.1, -0.05) is 6.07 Å². The van der Waals surface area contributed by atoms with Crippen LogP contribution in [0.5, 0.6) is 0 Å². The van der Waals surface area contributed by atoms with Gasteiger partial charge in [0.1, 0.15) is 17.9 Å². The smallest absolute Gasteiger partial charge is 0.290 e. The van der Waals surface area contributed by atoms with Crippen LogP contribution < -0.4 is 11.3 Å². The number of thiophene rings is 1. The van der Waals surface area contributed by atoms with E-state index in [1.54, 1.807) is 6.07 Å². The number of nitrogens with two attached hydrogens (primary N) is 1. The average molecular weight is 346 g/mol. The van der Waals surface area contributed by atoms with Crippen LogP contribution in [0.3, 0.4) is 0 Å². The largest absolute Gasteiger partial charge is 0.394 e. The quantitative estimate of drug-likeness (QED) is 0.925. The van der Waals surface area contributed by atoms with Crippen LogP contribution >= 0.6 is 11.3 Å². The van der Waals surface area contributed by atoms with Crippen LogP contribution in [0.4, 0.5) is 5.69 Å². The van der Waals surface area contributed by atoms with Gasteiger partial charge in [-0.15, -0.1) is 11.3 Å². The van der Waals surface area contributed by atoms with E-state index in [1.165, 1.54) is 16.0 Å². The summed E-state index contributed by atoms with van der Waals surface area (Å²) in [7, 11) is 0. The molecule has 1 amide bonds. The second kappa shape index (κ2) is 6.76. The van der Waals surface area contributed by atoms with E-state index < -0.39 is 5.56 Å². The number of hydrogen-bond acceptors (Lipinski definition) is 5. The van der Waals surface area contributed by atoms with Crippen molar-refractivity contribution >= 4 is 22.9 Å². The lowest BCUT2D eigenvalue weighted by atomic mass is 9.97. The van der Waals surface area contributed by atoms with Crippen LogP contribution in [0.1, 0.15) is 33.1 Å². The van der Waals surface area contributed by atoms with Crippen molar-refractivity contribution in [3.63, 3.8) is 0 Å². The fourth-order valence-corrected chi connectivity index (χ4v) is 4.02. The van der Waals surface area contributed by atoms with E-state index >= 15 is 0 Å². The molecule has 0 spiro atoms. The molecule has 1 saturated heterocycles. The maximum absolute atomic E-state index is 12.7. The molecule has 24 heavy (non-hydrogen) atoms. The molecule has 0 radical (unpaired) electrons. The van der Waals surface area contributed by atoms with Gasteiger partial charge >= 0.3 is 0 Å². The molecule has 128 valence electrons. The highest BCUT2D eigenvalue weighted by Gasteiger charge is 2.29. The van der Waals surface area contributed by atoms with Crippen LogP contribution in [-0.2, 0) is 11.3 Å². The van der Waals surface area contributed by atoms with Crippen molar-refractivity contribution in [2.45, 2.75) is 51.7 Å². The monoisotopic (exact) mass is 346 g/mol. The molecule has 2 atom stereocenters. The number of likely N-dealkylation sites (tertiary alicyclic amines) is 1. The Hall–Kier alpha value is -2.15. The Morgan fingerprint density at radius 1 is 1.38 bits per heavy atom. The number of aromatic nitrogens is 2. The molecule has 7 heteroatoms. The molecule has 2 aromatic heterocycles. The van der Waals surface area contributed by atoms with E-state index in [4.69, 9.17) is 5.73 Å². The third-order valence-electron chi connectivity index (χ3n) is 4.54. The van der Waals surface area contributed by atoms with E-state index in [9.17, 15) is 9.59 Å². The summed E-state index contributed by atoms with van der Waals surface area (Å²) in [4.78, 5) is 27.8. The van der Waals surface area contributed by atoms with Crippen LogP contribution in [0.25, 0.3) is 10.6 Å². The molecule has 1 aliphatic rings. The van der Waals surface area contributed by atoms with Gasteiger partial charge in [-0.3, -0.25) is 9.59 Å². The first-order valence-corrected chi connectivity index (χ1v) is 9.08. The predicted octanol–water partition coefficient (Wildman–Crippen LogP) is 2.34. The molecular formula is C17H22N4O2S. The summed E-state index contributed by atoms with van der Waals surface area (Å²) in [6, 6.07) is 5.78. The summed E-state index contributed by atoms with van der Waals surface area (Å²) in [5.41, 5.74) is 6.16. The summed E-state index contributed by atoms with van der Waals surface area (Å²) in [6.07, 6.45) is 3.12. The van der Waals surface area contributed by atoms with Gasteiger partial charge < -0.3 is 10.6 Å². The first-order valence-electron chi connectivity index (χ1n) is 8.20. The average Bonchev–Trinajstić information content (AvgIpc) is 3.06. The molecule has 0 aromatic carbocycles. The van der Waals surface area contributed by atoms with Crippen molar-refractivity contribution in [1.82, 2.24) is 14.7 Å². The van der Waals surface area contributed by atoms with Gasteiger partial charge in [0.2, 0.25) is 5.91 Å². The second-order valence-electron chi connectivity index (χ2n) is 6.35. The van der Waals surface area contributed by atoms with Gasteiger partial charge in [0, 0.05) is 12.1 Å². The first-order chi connectivity index (χ1) is 11.5. The zero-order valence-corrected chi connectivity index (χ0v) is 14.8. The summed E-state index contributed by atoms with van der Waals surface area (Å²) in [6.45, 7) is 4.04. The van der Waals surface area contributed by atoms with Crippen molar-refractivity contribution in [3.8, 4) is 10.6 Å². The van der Waals surface area contributed by atoms with Gasteiger partial charge in [-0.05, 0) is 50.6 Å². The predicted molar refractivity (Wildman–Crippen MR) is 95.8 cm³/mol. The number of nitrogens with zero attached hydrogens (tertiary/aromatic N) is 3. The fraction of sp³-hybridized carbons (Fsp3) is 0.471. The van der Waals surface area contributed by atoms with Crippen molar-refractivity contribution in [1.29, 1.82) is 0 Å². The van der Waals surface area contributed by atoms with Crippen LogP contribution in [0.15, 0.2) is 28.4 Å². The Kier molecular flexibility index (Phi) is 4.71. The Morgan fingerprint density at radius 3 is 2.71 bits per heavy atom. The lowest BCUT2D eigenvalue weighted by Crippen LogP contribution is -2.49. The summed E-state index contributed by atoms with van der Waals surface area (Å²) in [5, 5.41) is 6.28. The highest BCUT2D eigenvalue weighted by Crippen LogP contribution is 2.24. The Labute approximate surface area is 144 Å². The van der Waals surface area contributed by atoms with E-state index in [2.05, 4.69) is 18.9 Å². The minimum atomic E-state index is -0.416. The molecule has 1 aliphatic heterocycles. The maximum Gasteiger partial charge on any atom is 0.290 e. The van der Waals surface area contributed by atoms with Crippen molar-refractivity contribution in [2.24, 2.45) is 0 Å². The van der Waals surface area contributed by atoms with E-state index in [0.29, 0.717) is 5.69 Å². The van der Waals surface area contributed by atoms with Gasteiger partial charge in [0.15, 0.2) is 0 Å². The highest BCUT2D eigenvalue weighted by atomic mass is 32.1. The Morgan fingerprint density at radius 2 is 2.08 bits per heavy atom. The summed E-state index contributed by atoms with van der Waals surface area (Å²) >= 11 is 1.52. The molecule has 0 saturated carbocycles. The van der Waals surface area contributed by atoms with Crippen LogP contribution in [0.2, 0.25) is 0 Å². The number of nitrogen functional groups attached to an aromatic ring is 1. The zero-order valence-electron chi connectivity index (χ0n) is 13.9. The Balaban J connectivity index is 1.89. The number of rotatable bonds is 3. The number of amides is 1. The maximum atomic E-state index is 12.7. The molecule has 2 aromatic rings. The standard InChI is InChI=1S/C17H22N4O2S/c1-11-5-3-6-12(2)21(11)16(22)10-20-17(23)13(18)9-14(19-20)15-7-4-8-24-15/h4,7-9,11-12H,3,5-6,10,18H2,1-2H3/t11-,12-/m0/s1. The lowest BCUT2D eigenvalue weighted by molar-refractivity contribution is -0.138.